The Morgan fingerprint density at radius 1 is 1.13 bits per heavy atom. The van der Waals surface area contributed by atoms with Crippen molar-refractivity contribution < 1.29 is 32.3 Å². The van der Waals surface area contributed by atoms with Crippen LogP contribution >= 0.6 is 0 Å². The van der Waals surface area contributed by atoms with Crippen molar-refractivity contribution in [3.05, 3.63) is 54.1 Å². The molecule has 10 heteroatoms. The maximum absolute atomic E-state index is 13.1. The number of alkyl halides is 3. The number of hydrogen-bond acceptors (Lipinski definition) is 4. The number of hydrogen-bond donors (Lipinski definition) is 1. The molecule has 164 valence electrons. The minimum absolute atomic E-state index is 0.132. The van der Waals surface area contributed by atoms with E-state index in [0.717, 1.165) is 17.0 Å². The summed E-state index contributed by atoms with van der Waals surface area (Å²) in [6.45, 7) is 0.767. The highest BCUT2D eigenvalue weighted by Gasteiger charge is 2.34. The Kier molecular flexibility index (Phi) is 6.47. The van der Waals surface area contributed by atoms with Crippen molar-refractivity contribution in [3.8, 4) is 5.75 Å². The maximum Gasteiger partial charge on any atom is 0.418 e. The van der Waals surface area contributed by atoms with Crippen molar-refractivity contribution in [2.45, 2.75) is 13.1 Å². The predicted octanol–water partition coefficient (Wildman–Crippen LogP) is 2.92. The molecule has 0 saturated heterocycles. The standard InChI is InChI=1S/C21H20F3N3O4/c1-2-26(11-18(28)25-15-8-4-3-7-14(15)21(22,23)24)19(29)12-27-16-9-5-6-10-17(16)31-13-20(27)30/h3-10H,2,11-13H2,1H3,(H,25,28). The molecular formula is C21H20F3N3O4. The molecule has 1 heterocycles. The molecule has 31 heavy (non-hydrogen) atoms. The summed E-state index contributed by atoms with van der Waals surface area (Å²) in [6.07, 6.45) is -4.63. The summed E-state index contributed by atoms with van der Waals surface area (Å²) in [6, 6.07) is 11.3. The summed E-state index contributed by atoms with van der Waals surface area (Å²) in [5.74, 6) is -1.25. The van der Waals surface area contributed by atoms with Crippen LogP contribution in [0.5, 0.6) is 5.75 Å². The van der Waals surface area contributed by atoms with Crippen molar-refractivity contribution in [3.63, 3.8) is 0 Å². The summed E-state index contributed by atoms with van der Waals surface area (Å²) in [4.78, 5) is 39.8. The van der Waals surface area contributed by atoms with Crippen LogP contribution in [0.2, 0.25) is 0 Å². The molecule has 0 bridgehead atoms. The van der Waals surface area contributed by atoms with Crippen LogP contribution in [0.4, 0.5) is 24.5 Å². The minimum Gasteiger partial charge on any atom is -0.482 e. The number of carbonyl (C=O) groups excluding carboxylic acids is 3. The average molecular weight is 435 g/mol. The molecule has 3 rings (SSSR count). The van der Waals surface area contributed by atoms with E-state index in [0.29, 0.717) is 11.4 Å². The fourth-order valence-corrected chi connectivity index (χ4v) is 3.14. The molecule has 1 aliphatic heterocycles. The van der Waals surface area contributed by atoms with Gasteiger partial charge in [0.25, 0.3) is 5.91 Å². The molecule has 1 N–H and O–H groups in total. The quantitative estimate of drug-likeness (QED) is 0.757. The van der Waals surface area contributed by atoms with E-state index in [4.69, 9.17) is 4.74 Å². The fraction of sp³-hybridized carbons (Fsp3) is 0.286. The van der Waals surface area contributed by atoms with Gasteiger partial charge in [-0.1, -0.05) is 24.3 Å². The zero-order chi connectivity index (χ0) is 22.6. The maximum atomic E-state index is 13.1. The lowest BCUT2D eigenvalue weighted by atomic mass is 10.1. The molecule has 2 aromatic rings. The van der Waals surface area contributed by atoms with Crippen LogP contribution in [-0.4, -0.2) is 48.9 Å². The van der Waals surface area contributed by atoms with Crippen LogP contribution in [0.25, 0.3) is 0 Å². The lowest BCUT2D eigenvalue weighted by Gasteiger charge is -2.30. The first-order chi connectivity index (χ1) is 14.7. The van der Waals surface area contributed by atoms with Crippen molar-refractivity contribution in [2.75, 3.05) is 36.5 Å². The molecular weight excluding hydrogens is 415 g/mol. The lowest BCUT2D eigenvalue weighted by Crippen LogP contribution is -2.48. The van der Waals surface area contributed by atoms with Crippen LogP contribution in [0.1, 0.15) is 12.5 Å². The van der Waals surface area contributed by atoms with Gasteiger partial charge >= 0.3 is 6.18 Å². The van der Waals surface area contributed by atoms with Gasteiger partial charge in [0.05, 0.1) is 23.5 Å². The first kappa shape index (κ1) is 22.1. The van der Waals surface area contributed by atoms with Crippen molar-refractivity contribution in [1.29, 1.82) is 0 Å². The predicted molar refractivity (Wildman–Crippen MR) is 107 cm³/mol. The van der Waals surface area contributed by atoms with E-state index in [2.05, 4.69) is 5.32 Å². The number of nitrogens with one attached hydrogen (secondary N) is 1. The van der Waals surface area contributed by atoms with E-state index in [-0.39, 0.29) is 25.4 Å². The largest absolute Gasteiger partial charge is 0.482 e. The topological polar surface area (TPSA) is 79.0 Å². The Balaban J connectivity index is 1.69. The fourth-order valence-electron chi connectivity index (χ4n) is 3.14. The number of benzene rings is 2. The smallest absolute Gasteiger partial charge is 0.418 e. The van der Waals surface area contributed by atoms with Gasteiger partial charge in [0.2, 0.25) is 11.8 Å². The summed E-state index contributed by atoms with van der Waals surface area (Å²) in [7, 11) is 0. The van der Waals surface area contributed by atoms with E-state index in [9.17, 15) is 27.6 Å². The first-order valence-electron chi connectivity index (χ1n) is 9.46. The molecule has 0 aliphatic carbocycles. The summed E-state index contributed by atoms with van der Waals surface area (Å²) >= 11 is 0. The van der Waals surface area contributed by atoms with Gasteiger partial charge in [-0.15, -0.1) is 0 Å². The van der Waals surface area contributed by atoms with Crippen LogP contribution in [0.15, 0.2) is 48.5 Å². The molecule has 0 spiro atoms. The van der Waals surface area contributed by atoms with Crippen LogP contribution in [0, 0.1) is 0 Å². The third-order valence-corrected chi connectivity index (χ3v) is 4.68. The van der Waals surface area contributed by atoms with Crippen LogP contribution in [-0.2, 0) is 20.6 Å². The van der Waals surface area contributed by atoms with Crippen LogP contribution in [0.3, 0.4) is 0 Å². The minimum atomic E-state index is -4.63. The van der Waals surface area contributed by atoms with Crippen molar-refractivity contribution >= 4 is 29.1 Å². The number of likely N-dealkylation sites (N-methyl/N-ethyl adjacent to an activating group) is 1. The second kappa shape index (κ2) is 9.07. The second-order valence-electron chi connectivity index (χ2n) is 6.74. The van der Waals surface area contributed by atoms with Gasteiger partial charge in [0, 0.05) is 6.54 Å². The van der Waals surface area contributed by atoms with E-state index in [1.165, 1.54) is 17.0 Å². The van der Waals surface area contributed by atoms with E-state index in [1.807, 2.05) is 0 Å². The Morgan fingerprint density at radius 3 is 2.52 bits per heavy atom. The van der Waals surface area contributed by atoms with Gasteiger partial charge in [0.1, 0.15) is 12.3 Å². The highest BCUT2D eigenvalue weighted by atomic mass is 19.4. The zero-order valence-electron chi connectivity index (χ0n) is 16.6. The normalized spacial score (nSPS) is 13.3. The zero-order valence-corrected chi connectivity index (χ0v) is 16.6. The molecule has 0 fully saturated rings. The molecule has 7 nitrogen and oxygen atoms in total. The Bertz CT molecular complexity index is 994. The number of nitrogens with zero attached hydrogens (tertiary/aromatic N) is 2. The number of para-hydroxylation sites is 3. The second-order valence-corrected chi connectivity index (χ2v) is 6.74. The van der Waals surface area contributed by atoms with Crippen molar-refractivity contribution in [1.82, 2.24) is 4.90 Å². The Morgan fingerprint density at radius 2 is 1.81 bits per heavy atom. The third kappa shape index (κ3) is 5.14. The lowest BCUT2D eigenvalue weighted by molar-refractivity contribution is -0.137. The number of halogens is 3. The third-order valence-electron chi connectivity index (χ3n) is 4.68. The van der Waals surface area contributed by atoms with E-state index in [1.54, 1.807) is 31.2 Å². The van der Waals surface area contributed by atoms with Crippen molar-refractivity contribution in [2.24, 2.45) is 0 Å². The van der Waals surface area contributed by atoms with E-state index >= 15 is 0 Å². The molecule has 0 aromatic heterocycles. The van der Waals surface area contributed by atoms with Gasteiger partial charge in [-0.2, -0.15) is 13.2 Å². The Labute approximate surface area is 176 Å². The molecule has 3 amide bonds. The summed E-state index contributed by atoms with van der Waals surface area (Å²) in [5.41, 5.74) is -0.930. The van der Waals surface area contributed by atoms with Crippen LogP contribution < -0.4 is 15.0 Å². The van der Waals surface area contributed by atoms with Gasteiger partial charge in [-0.25, -0.2) is 0 Å². The number of fused-ring (bicyclic) bond motifs is 1. The number of carbonyl (C=O) groups is 3. The SMILES string of the molecule is CCN(CC(=O)Nc1ccccc1C(F)(F)F)C(=O)CN1C(=O)COc2ccccc21. The average Bonchev–Trinajstić information content (AvgIpc) is 2.73. The summed E-state index contributed by atoms with van der Waals surface area (Å²) in [5, 5.41) is 2.21. The molecule has 0 unspecified atom stereocenters. The van der Waals surface area contributed by atoms with Gasteiger partial charge < -0.3 is 15.0 Å². The highest BCUT2D eigenvalue weighted by Crippen LogP contribution is 2.34. The van der Waals surface area contributed by atoms with Gasteiger partial charge in [-0.05, 0) is 31.2 Å². The molecule has 0 atom stereocenters. The number of rotatable bonds is 6. The number of anilines is 2. The molecule has 1 aliphatic rings. The monoisotopic (exact) mass is 435 g/mol. The van der Waals surface area contributed by atoms with E-state index < -0.39 is 36.0 Å². The molecule has 0 saturated carbocycles. The van der Waals surface area contributed by atoms with Gasteiger partial charge in [0.15, 0.2) is 6.61 Å². The molecule has 0 radical (unpaired) electrons. The highest BCUT2D eigenvalue weighted by molar-refractivity contribution is 6.03. The first-order valence-corrected chi connectivity index (χ1v) is 9.46. The van der Waals surface area contributed by atoms with Gasteiger partial charge in [-0.3, -0.25) is 19.3 Å². The number of amides is 3. The number of ether oxygens (including phenoxy) is 1. The summed E-state index contributed by atoms with van der Waals surface area (Å²) < 4.78 is 44.7. The molecule has 2 aromatic carbocycles. The Hall–Kier alpha value is -3.56.